The largest absolute Gasteiger partial charge is 0.364 e. The van der Waals surface area contributed by atoms with E-state index in [-0.39, 0.29) is 5.54 Å². The number of hydrogen-bond donors (Lipinski definition) is 1. The second-order valence-electron chi connectivity index (χ2n) is 4.63. The van der Waals surface area contributed by atoms with Crippen LogP contribution in [0.15, 0.2) is 12.4 Å². The number of rotatable bonds is 4. The second kappa shape index (κ2) is 4.79. The van der Waals surface area contributed by atoms with Gasteiger partial charge in [-0.25, -0.2) is 9.97 Å². The molecule has 1 aromatic heterocycles. The molecular formula is C11H18ClN3. The zero-order chi connectivity index (χ0) is 11.5. The quantitative estimate of drug-likeness (QED) is 0.804. The van der Waals surface area contributed by atoms with Gasteiger partial charge < -0.3 is 5.32 Å². The summed E-state index contributed by atoms with van der Waals surface area (Å²) in [5.41, 5.74) is 0.891. The van der Waals surface area contributed by atoms with Crippen LogP contribution in [0.5, 0.6) is 0 Å². The summed E-state index contributed by atoms with van der Waals surface area (Å²) < 4.78 is 0. The molecular weight excluding hydrogens is 210 g/mol. The van der Waals surface area contributed by atoms with Crippen LogP contribution in [0.1, 0.15) is 39.3 Å². The maximum Gasteiger partial charge on any atom is 0.130 e. The molecule has 1 heterocycles. The number of nitrogens with zero attached hydrogens (tertiary/aromatic N) is 2. The first-order valence-corrected chi connectivity index (χ1v) is 5.64. The molecule has 15 heavy (non-hydrogen) atoms. The summed E-state index contributed by atoms with van der Waals surface area (Å²) in [5, 5.41) is 3.28. The minimum absolute atomic E-state index is 0.149. The standard InChI is InChI=1S/C11H18ClN3/c1-8(2)9-5-10(14-7-13-9)15-11(3,4)6-12/h5,7-8H,6H2,1-4H3,(H,13,14,15). The number of aromatic nitrogens is 2. The average molecular weight is 228 g/mol. The topological polar surface area (TPSA) is 37.8 Å². The molecule has 0 bridgehead atoms. The van der Waals surface area contributed by atoms with E-state index in [1.54, 1.807) is 6.33 Å². The van der Waals surface area contributed by atoms with Crippen LogP contribution < -0.4 is 5.32 Å². The Balaban J connectivity index is 2.82. The highest BCUT2D eigenvalue weighted by atomic mass is 35.5. The smallest absolute Gasteiger partial charge is 0.130 e. The summed E-state index contributed by atoms with van der Waals surface area (Å²) in [7, 11) is 0. The van der Waals surface area contributed by atoms with Gasteiger partial charge >= 0.3 is 0 Å². The number of anilines is 1. The van der Waals surface area contributed by atoms with Gasteiger partial charge in [-0.15, -0.1) is 11.6 Å². The number of hydrogen-bond acceptors (Lipinski definition) is 3. The minimum Gasteiger partial charge on any atom is -0.364 e. The Bertz CT molecular complexity index is 323. The van der Waals surface area contributed by atoms with Gasteiger partial charge in [0.2, 0.25) is 0 Å². The van der Waals surface area contributed by atoms with Crippen LogP contribution in [-0.4, -0.2) is 21.4 Å². The molecule has 0 aliphatic heterocycles. The van der Waals surface area contributed by atoms with Gasteiger partial charge in [0.15, 0.2) is 0 Å². The first-order valence-electron chi connectivity index (χ1n) is 5.11. The zero-order valence-electron chi connectivity index (χ0n) is 9.71. The molecule has 0 aromatic carbocycles. The van der Waals surface area contributed by atoms with Crippen LogP contribution in [0.4, 0.5) is 5.82 Å². The summed E-state index contributed by atoms with van der Waals surface area (Å²) in [4.78, 5) is 8.38. The van der Waals surface area contributed by atoms with Crippen LogP contribution in [0, 0.1) is 0 Å². The molecule has 0 amide bonds. The highest BCUT2D eigenvalue weighted by Gasteiger charge is 2.16. The predicted octanol–water partition coefficient (Wildman–Crippen LogP) is 3.03. The molecule has 0 aliphatic carbocycles. The number of halogens is 1. The summed E-state index contributed by atoms with van der Waals surface area (Å²) in [6.45, 7) is 8.30. The molecule has 84 valence electrons. The molecule has 1 N–H and O–H groups in total. The monoisotopic (exact) mass is 227 g/mol. The number of alkyl halides is 1. The Morgan fingerprint density at radius 2 is 2.07 bits per heavy atom. The Morgan fingerprint density at radius 1 is 1.40 bits per heavy atom. The van der Waals surface area contributed by atoms with E-state index in [1.165, 1.54) is 0 Å². The Kier molecular flexibility index (Phi) is 3.91. The molecule has 1 rings (SSSR count). The van der Waals surface area contributed by atoms with Gasteiger partial charge in [0.05, 0.1) is 0 Å². The van der Waals surface area contributed by atoms with Crippen LogP contribution in [-0.2, 0) is 0 Å². The fourth-order valence-electron chi connectivity index (χ4n) is 1.14. The molecule has 0 saturated carbocycles. The maximum absolute atomic E-state index is 5.84. The zero-order valence-corrected chi connectivity index (χ0v) is 10.5. The molecule has 0 atom stereocenters. The lowest BCUT2D eigenvalue weighted by atomic mass is 10.1. The van der Waals surface area contributed by atoms with Crippen molar-refractivity contribution in [3.63, 3.8) is 0 Å². The fraction of sp³-hybridized carbons (Fsp3) is 0.636. The summed E-state index contributed by atoms with van der Waals surface area (Å²) >= 11 is 5.84. The van der Waals surface area contributed by atoms with Crippen molar-refractivity contribution in [2.24, 2.45) is 0 Å². The van der Waals surface area contributed by atoms with Crippen molar-refractivity contribution in [1.29, 1.82) is 0 Å². The molecule has 0 saturated heterocycles. The third-order valence-corrected chi connectivity index (χ3v) is 2.75. The van der Waals surface area contributed by atoms with Crippen molar-refractivity contribution >= 4 is 17.4 Å². The summed E-state index contributed by atoms with van der Waals surface area (Å²) in [6.07, 6.45) is 1.59. The third kappa shape index (κ3) is 3.67. The van der Waals surface area contributed by atoms with Crippen molar-refractivity contribution in [3.05, 3.63) is 18.1 Å². The van der Waals surface area contributed by atoms with Crippen molar-refractivity contribution in [2.45, 2.75) is 39.2 Å². The molecule has 0 fully saturated rings. The van der Waals surface area contributed by atoms with Gasteiger partial charge in [-0.1, -0.05) is 13.8 Å². The van der Waals surface area contributed by atoms with Gasteiger partial charge in [0.25, 0.3) is 0 Å². The Hall–Kier alpha value is -0.830. The molecule has 0 spiro atoms. The van der Waals surface area contributed by atoms with Gasteiger partial charge in [-0.3, -0.25) is 0 Å². The van der Waals surface area contributed by atoms with Crippen LogP contribution in [0.2, 0.25) is 0 Å². The van der Waals surface area contributed by atoms with Crippen molar-refractivity contribution in [2.75, 3.05) is 11.2 Å². The number of nitrogens with one attached hydrogen (secondary N) is 1. The second-order valence-corrected chi connectivity index (χ2v) is 4.89. The van der Waals surface area contributed by atoms with E-state index in [0.29, 0.717) is 11.8 Å². The maximum atomic E-state index is 5.84. The Morgan fingerprint density at radius 3 is 2.60 bits per heavy atom. The van der Waals surface area contributed by atoms with Crippen LogP contribution in [0.25, 0.3) is 0 Å². The van der Waals surface area contributed by atoms with Crippen molar-refractivity contribution < 1.29 is 0 Å². The van der Waals surface area contributed by atoms with Gasteiger partial charge in [0.1, 0.15) is 12.1 Å². The molecule has 0 unspecified atom stereocenters. The molecule has 0 aliphatic rings. The lowest BCUT2D eigenvalue weighted by Crippen LogP contribution is -2.33. The SMILES string of the molecule is CC(C)c1cc(NC(C)(C)CCl)ncn1. The lowest BCUT2D eigenvalue weighted by molar-refractivity contribution is 0.636. The fourth-order valence-corrected chi connectivity index (χ4v) is 1.20. The van der Waals surface area contributed by atoms with Gasteiger partial charge in [0, 0.05) is 23.2 Å². The van der Waals surface area contributed by atoms with Crippen molar-refractivity contribution in [1.82, 2.24) is 9.97 Å². The molecule has 3 nitrogen and oxygen atoms in total. The van der Waals surface area contributed by atoms with E-state index in [0.717, 1.165) is 11.5 Å². The highest BCUT2D eigenvalue weighted by Crippen LogP contribution is 2.17. The van der Waals surface area contributed by atoms with E-state index < -0.39 is 0 Å². The van der Waals surface area contributed by atoms with Crippen LogP contribution >= 0.6 is 11.6 Å². The van der Waals surface area contributed by atoms with Gasteiger partial charge in [-0.2, -0.15) is 0 Å². The van der Waals surface area contributed by atoms with Crippen molar-refractivity contribution in [3.8, 4) is 0 Å². The molecule has 0 radical (unpaired) electrons. The predicted molar refractivity (Wildman–Crippen MR) is 64.5 cm³/mol. The van der Waals surface area contributed by atoms with E-state index in [2.05, 4.69) is 29.1 Å². The lowest BCUT2D eigenvalue weighted by Gasteiger charge is -2.24. The summed E-state index contributed by atoms with van der Waals surface area (Å²) in [6, 6.07) is 1.97. The highest BCUT2D eigenvalue weighted by molar-refractivity contribution is 6.18. The Labute approximate surface area is 96.3 Å². The van der Waals surface area contributed by atoms with Crippen LogP contribution in [0.3, 0.4) is 0 Å². The molecule has 1 aromatic rings. The van der Waals surface area contributed by atoms with Gasteiger partial charge in [-0.05, 0) is 19.8 Å². The van der Waals surface area contributed by atoms with E-state index in [4.69, 9.17) is 11.6 Å². The average Bonchev–Trinajstić information content (AvgIpc) is 2.17. The first-order chi connectivity index (χ1) is 6.94. The summed E-state index contributed by atoms with van der Waals surface area (Å²) in [5.74, 6) is 1.78. The first kappa shape index (κ1) is 12.2. The van der Waals surface area contributed by atoms with E-state index >= 15 is 0 Å². The molecule has 4 heteroatoms. The van der Waals surface area contributed by atoms with E-state index in [9.17, 15) is 0 Å². The minimum atomic E-state index is -0.149. The normalized spacial score (nSPS) is 11.9. The third-order valence-electron chi connectivity index (χ3n) is 2.08. The van der Waals surface area contributed by atoms with E-state index in [1.807, 2.05) is 19.9 Å².